The molecule has 0 saturated carbocycles. The van der Waals surface area contributed by atoms with E-state index in [-0.39, 0.29) is 11.5 Å². The van der Waals surface area contributed by atoms with E-state index < -0.39 is 10.0 Å². The Bertz CT molecular complexity index is 1230. The number of aromatic amines is 1. The van der Waals surface area contributed by atoms with Gasteiger partial charge < -0.3 is 15.2 Å². The molecule has 0 unspecified atom stereocenters. The molecule has 3 N–H and O–H groups in total. The molecule has 0 aliphatic rings. The summed E-state index contributed by atoms with van der Waals surface area (Å²) in [6, 6.07) is 10.9. The van der Waals surface area contributed by atoms with Gasteiger partial charge in [-0.05, 0) is 80.1 Å². The Kier molecular flexibility index (Phi) is 10.9. The quantitative estimate of drug-likeness (QED) is 0.170. The van der Waals surface area contributed by atoms with Crippen LogP contribution in [0.3, 0.4) is 0 Å². The number of rotatable bonds is 16. The summed E-state index contributed by atoms with van der Waals surface area (Å²) in [6.07, 6.45) is 11.1. The first-order valence-corrected chi connectivity index (χ1v) is 15.4. The van der Waals surface area contributed by atoms with E-state index in [1.54, 1.807) is 25.2 Å². The number of H-pyrrole nitrogens is 1. The van der Waals surface area contributed by atoms with Crippen LogP contribution in [-0.2, 0) is 16.4 Å². The second-order valence-corrected chi connectivity index (χ2v) is 12.4. The Morgan fingerprint density at radius 1 is 0.838 bits per heavy atom. The molecule has 0 spiro atoms. The van der Waals surface area contributed by atoms with Crippen LogP contribution in [0.25, 0.3) is 22.2 Å². The molecule has 6 nitrogen and oxygen atoms in total. The molecule has 1 aromatic heterocycles. The monoisotopic (exact) mass is 528 g/mol. The van der Waals surface area contributed by atoms with Crippen molar-refractivity contribution >= 4 is 20.9 Å². The standard InChI is InChI=1S/C30H44N2O4S/c1-4-5-21-32(3)37(35,36)22-13-11-9-7-6-8-10-12-14-26-28(34)20-19-27-29(26)23(2)30(31-27)24-15-17-25(33)18-16-24/h15-20,31,33-34H,4-14,21-22H2,1-3H3. The SMILES string of the molecule is CCCCN(C)S(=O)(=O)CCCCCCCCCCc1c(O)ccc2[nH]c(-c3ccc(O)cc3)c(C)c12. The van der Waals surface area contributed by atoms with Gasteiger partial charge >= 0.3 is 0 Å². The molecule has 0 amide bonds. The maximum atomic E-state index is 12.3. The fraction of sp³-hybridized carbons (Fsp3) is 0.533. The van der Waals surface area contributed by atoms with Crippen LogP contribution < -0.4 is 0 Å². The molecule has 1 heterocycles. The zero-order valence-electron chi connectivity index (χ0n) is 22.7. The largest absolute Gasteiger partial charge is 0.508 e. The predicted octanol–water partition coefficient (Wildman–Crippen LogP) is 7.28. The van der Waals surface area contributed by atoms with Crippen LogP contribution >= 0.6 is 0 Å². The van der Waals surface area contributed by atoms with Crippen LogP contribution in [0.4, 0.5) is 0 Å². The normalized spacial score (nSPS) is 12.1. The van der Waals surface area contributed by atoms with E-state index in [4.69, 9.17) is 0 Å². The third kappa shape index (κ3) is 7.99. The van der Waals surface area contributed by atoms with Gasteiger partial charge in [0.2, 0.25) is 10.0 Å². The van der Waals surface area contributed by atoms with Gasteiger partial charge in [0.1, 0.15) is 11.5 Å². The van der Waals surface area contributed by atoms with E-state index in [2.05, 4.69) is 18.8 Å². The van der Waals surface area contributed by atoms with Crippen LogP contribution in [0.15, 0.2) is 36.4 Å². The number of fused-ring (bicyclic) bond motifs is 1. The summed E-state index contributed by atoms with van der Waals surface area (Å²) in [5.41, 5.74) is 5.17. The van der Waals surface area contributed by atoms with Gasteiger partial charge in [-0.3, -0.25) is 0 Å². The Morgan fingerprint density at radius 3 is 2.11 bits per heavy atom. The number of benzene rings is 2. The van der Waals surface area contributed by atoms with Crippen molar-refractivity contribution in [3.05, 3.63) is 47.5 Å². The molecule has 3 rings (SSSR count). The third-order valence-corrected chi connectivity index (χ3v) is 9.27. The molecule has 0 saturated heterocycles. The van der Waals surface area contributed by atoms with E-state index >= 15 is 0 Å². The van der Waals surface area contributed by atoms with Crippen molar-refractivity contribution in [3.63, 3.8) is 0 Å². The summed E-state index contributed by atoms with van der Waals surface area (Å²) in [5, 5.41) is 21.3. The minimum absolute atomic E-state index is 0.245. The van der Waals surface area contributed by atoms with Crippen molar-refractivity contribution in [1.29, 1.82) is 0 Å². The second-order valence-electron chi connectivity index (χ2n) is 10.2. The molecular weight excluding hydrogens is 484 g/mol. The number of sulfonamides is 1. The first-order chi connectivity index (χ1) is 17.7. The topological polar surface area (TPSA) is 93.6 Å². The highest BCUT2D eigenvalue weighted by atomic mass is 32.2. The van der Waals surface area contributed by atoms with Crippen molar-refractivity contribution in [3.8, 4) is 22.8 Å². The van der Waals surface area contributed by atoms with E-state index in [0.717, 1.165) is 104 Å². The summed E-state index contributed by atoms with van der Waals surface area (Å²) < 4.78 is 26.1. The number of aromatic hydroxyl groups is 2. The number of phenolic OH excluding ortho intramolecular Hbond substituents is 2. The number of unbranched alkanes of at least 4 members (excludes halogenated alkanes) is 8. The van der Waals surface area contributed by atoms with Crippen molar-refractivity contribution < 1.29 is 18.6 Å². The number of hydrogen-bond acceptors (Lipinski definition) is 4. The molecule has 0 aliphatic heterocycles. The molecule has 0 fully saturated rings. The Balaban J connectivity index is 1.41. The van der Waals surface area contributed by atoms with Crippen molar-refractivity contribution in [2.24, 2.45) is 0 Å². The first kappa shape index (κ1) is 29.1. The lowest BCUT2D eigenvalue weighted by molar-refractivity contribution is 0.456. The molecule has 37 heavy (non-hydrogen) atoms. The molecule has 204 valence electrons. The molecule has 2 aromatic carbocycles. The fourth-order valence-corrected chi connectivity index (χ4v) is 6.30. The van der Waals surface area contributed by atoms with E-state index in [1.807, 2.05) is 18.2 Å². The van der Waals surface area contributed by atoms with Crippen molar-refractivity contribution in [1.82, 2.24) is 9.29 Å². The average molecular weight is 529 g/mol. The van der Waals surface area contributed by atoms with Gasteiger partial charge in [0.25, 0.3) is 0 Å². The maximum Gasteiger partial charge on any atom is 0.213 e. The zero-order chi connectivity index (χ0) is 26.8. The molecule has 0 aliphatic carbocycles. The lowest BCUT2D eigenvalue weighted by Gasteiger charge is -2.16. The highest BCUT2D eigenvalue weighted by molar-refractivity contribution is 7.89. The van der Waals surface area contributed by atoms with Gasteiger partial charge in [-0.25, -0.2) is 12.7 Å². The Morgan fingerprint density at radius 2 is 1.46 bits per heavy atom. The molecule has 0 bridgehead atoms. The smallest absolute Gasteiger partial charge is 0.213 e. The van der Waals surface area contributed by atoms with E-state index in [0.29, 0.717) is 12.3 Å². The van der Waals surface area contributed by atoms with Gasteiger partial charge in [0.15, 0.2) is 0 Å². The van der Waals surface area contributed by atoms with Gasteiger partial charge in [-0.1, -0.05) is 51.9 Å². The minimum atomic E-state index is -3.10. The number of nitrogens with zero attached hydrogens (tertiary/aromatic N) is 1. The highest BCUT2D eigenvalue weighted by Crippen LogP contribution is 2.36. The summed E-state index contributed by atoms with van der Waals surface area (Å²) in [7, 11) is -1.41. The second kappa shape index (κ2) is 13.9. The summed E-state index contributed by atoms with van der Waals surface area (Å²) in [5.74, 6) is 0.853. The van der Waals surface area contributed by atoms with E-state index in [1.165, 1.54) is 4.31 Å². The van der Waals surface area contributed by atoms with Crippen LogP contribution in [0.1, 0.15) is 82.3 Å². The summed E-state index contributed by atoms with van der Waals surface area (Å²) in [4.78, 5) is 3.49. The molecular formula is C30H44N2O4S. The minimum Gasteiger partial charge on any atom is -0.508 e. The van der Waals surface area contributed by atoms with Crippen molar-refractivity contribution in [2.75, 3.05) is 19.3 Å². The van der Waals surface area contributed by atoms with Gasteiger partial charge in [-0.15, -0.1) is 0 Å². The van der Waals surface area contributed by atoms with E-state index in [9.17, 15) is 18.6 Å². The highest BCUT2D eigenvalue weighted by Gasteiger charge is 2.17. The maximum absolute atomic E-state index is 12.3. The average Bonchev–Trinajstić information content (AvgIpc) is 3.21. The zero-order valence-corrected chi connectivity index (χ0v) is 23.5. The lowest BCUT2D eigenvalue weighted by atomic mass is 9.97. The number of hydrogen-bond donors (Lipinski definition) is 3. The van der Waals surface area contributed by atoms with Crippen LogP contribution in [0.5, 0.6) is 11.5 Å². The molecule has 7 heteroatoms. The Labute approximate surface area is 222 Å². The predicted molar refractivity (Wildman–Crippen MR) is 154 cm³/mol. The number of aryl methyl sites for hydroxylation is 2. The number of aromatic nitrogens is 1. The van der Waals surface area contributed by atoms with Crippen LogP contribution in [0, 0.1) is 6.92 Å². The van der Waals surface area contributed by atoms with Gasteiger partial charge in [0.05, 0.1) is 5.75 Å². The van der Waals surface area contributed by atoms with Crippen LogP contribution in [-0.4, -0.2) is 47.3 Å². The van der Waals surface area contributed by atoms with Gasteiger partial charge in [-0.2, -0.15) is 0 Å². The molecule has 0 atom stereocenters. The number of phenols is 2. The van der Waals surface area contributed by atoms with Crippen molar-refractivity contribution in [2.45, 2.75) is 84.5 Å². The van der Waals surface area contributed by atoms with Crippen LogP contribution in [0.2, 0.25) is 0 Å². The fourth-order valence-electron chi connectivity index (χ4n) is 5.02. The first-order valence-electron chi connectivity index (χ1n) is 13.8. The molecule has 3 aromatic rings. The number of nitrogens with one attached hydrogen (secondary N) is 1. The summed E-state index contributed by atoms with van der Waals surface area (Å²) in [6.45, 7) is 4.77. The Hall–Kier alpha value is -2.51. The lowest BCUT2D eigenvalue weighted by Crippen LogP contribution is -2.30. The third-order valence-electron chi connectivity index (χ3n) is 7.33. The van der Waals surface area contributed by atoms with Gasteiger partial charge in [0, 0.05) is 35.8 Å². The summed E-state index contributed by atoms with van der Waals surface area (Å²) >= 11 is 0. The molecule has 0 radical (unpaired) electrons.